The van der Waals surface area contributed by atoms with Crippen molar-refractivity contribution in [3.8, 4) is 11.5 Å². The van der Waals surface area contributed by atoms with E-state index in [0.29, 0.717) is 28.2 Å². The van der Waals surface area contributed by atoms with Crippen molar-refractivity contribution in [2.45, 2.75) is 18.4 Å². The van der Waals surface area contributed by atoms with E-state index in [-0.39, 0.29) is 30.0 Å². The summed E-state index contributed by atoms with van der Waals surface area (Å²) < 4.78 is 10.8. The third kappa shape index (κ3) is 3.31. The number of Topliss-reactive ketones (excluding diaryl/α,β-unsaturated/α-hetero) is 2. The zero-order valence-electron chi connectivity index (χ0n) is 20.0. The maximum atomic E-state index is 13.8. The number of primary amides is 1. The lowest BCUT2D eigenvalue weighted by atomic mass is 9.59. The Hall–Kier alpha value is -4.97. The first-order chi connectivity index (χ1) is 18.7. The lowest BCUT2D eigenvalue weighted by Crippen LogP contribution is -2.53. The molecule has 3 atom stereocenters. The van der Waals surface area contributed by atoms with Gasteiger partial charge in [-0.15, -0.1) is 9.81 Å². The minimum Gasteiger partial charge on any atom is -0.508 e. The number of fused-ring (bicyclic) bond motifs is 4. The highest BCUT2D eigenvalue weighted by molar-refractivity contribution is 6.22. The Kier molecular flexibility index (Phi) is 5.33. The number of nitrogens with two attached hydrogens (primary N) is 1. The maximum Gasteiger partial charge on any atom is 0.254 e. The van der Waals surface area contributed by atoms with Crippen LogP contribution >= 0.6 is 0 Å². The first-order valence-electron chi connectivity index (χ1n) is 11.9. The van der Waals surface area contributed by atoms with Gasteiger partial charge in [0, 0.05) is 23.8 Å². The number of carbonyl (C=O) groups excluding carboxylic acids is 3. The number of nitroso groups, excluding NO2 is 2. The summed E-state index contributed by atoms with van der Waals surface area (Å²) in [6.45, 7) is 0.0621. The predicted octanol–water partition coefficient (Wildman–Crippen LogP) is 3.21. The highest BCUT2D eigenvalue weighted by atomic mass is 16.7. The molecule has 6 rings (SSSR count). The van der Waals surface area contributed by atoms with E-state index in [1.165, 1.54) is 6.07 Å². The molecule has 0 fully saturated rings. The quantitative estimate of drug-likeness (QED) is 0.393. The molecule has 39 heavy (non-hydrogen) atoms. The van der Waals surface area contributed by atoms with Crippen LogP contribution < -0.4 is 15.2 Å². The molecule has 0 radical (unpaired) electrons. The van der Waals surface area contributed by atoms with Gasteiger partial charge in [0.05, 0.1) is 5.56 Å². The number of ketones is 2. The van der Waals surface area contributed by atoms with Crippen molar-refractivity contribution in [1.29, 1.82) is 0 Å². The molecule has 1 aliphatic heterocycles. The van der Waals surface area contributed by atoms with Gasteiger partial charge in [0.2, 0.25) is 6.79 Å². The number of rotatable bonds is 4. The van der Waals surface area contributed by atoms with E-state index in [9.17, 15) is 34.4 Å². The van der Waals surface area contributed by atoms with E-state index in [2.05, 4.69) is 10.4 Å². The van der Waals surface area contributed by atoms with Crippen molar-refractivity contribution < 1.29 is 34.1 Å². The van der Waals surface area contributed by atoms with Crippen molar-refractivity contribution in [2.24, 2.45) is 27.9 Å². The Morgan fingerprint density at radius 1 is 1.10 bits per heavy atom. The average molecular weight is 529 g/mol. The van der Waals surface area contributed by atoms with Crippen LogP contribution in [0.2, 0.25) is 0 Å². The number of aliphatic hydroxyl groups excluding tert-OH is 1. The fraction of sp³-hybridized carbons (Fsp3) is 0.222. The minimum atomic E-state index is -2.62. The fourth-order valence-corrected chi connectivity index (χ4v) is 6.02. The van der Waals surface area contributed by atoms with E-state index in [4.69, 9.17) is 15.2 Å². The van der Waals surface area contributed by atoms with Gasteiger partial charge in [-0.3, -0.25) is 14.4 Å². The number of hydrogen-bond donors (Lipinski definition) is 3. The Morgan fingerprint density at radius 2 is 1.87 bits per heavy atom. The van der Waals surface area contributed by atoms with Gasteiger partial charge in [0.1, 0.15) is 22.7 Å². The molecule has 0 saturated carbocycles. The topological polar surface area (TPSA) is 195 Å². The molecule has 1 heterocycles. The summed E-state index contributed by atoms with van der Waals surface area (Å²) in [5.41, 5.74) is 1.82. The average Bonchev–Trinajstić information content (AvgIpc) is 3.39. The first-order valence-corrected chi connectivity index (χ1v) is 11.9. The van der Waals surface area contributed by atoms with E-state index < -0.39 is 58.4 Å². The molecular formula is C27H19N3O9. The Bertz CT molecular complexity index is 1640. The van der Waals surface area contributed by atoms with Gasteiger partial charge in [0.15, 0.2) is 28.7 Å². The van der Waals surface area contributed by atoms with Crippen molar-refractivity contribution in [3.63, 3.8) is 0 Å². The van der Waals surface area contributed by atoms with Gasteiger partial charge in [-0.1, -0.05) is 24.3 Å². The summed E-state index contributed by atoms with van der Waals surface area (Å²) in [7, 11) is 0. The van der Waals surface area contributed by atoms with E-state index >= 15 is 0 Å². The van der Waals surface area contributed by atoms with Crippen LogP contribution in [0.15, 0.2) is 69.4 Å². The molecule has 1 amide bonds. The van der Waals surface area contributed by atoms with E-state index in [0.717, 1.165) is 0 Å². The van der Waals surface area contributed by atoms with Crippen molar-refractivity contribution in [2.75, 3.05) is 6.79 Å². The predicted molar refractivity (Wildman–Crippen MR) is 135 cm³/mol. The monoisotopic (exact) mass is 529 g/mol. The second-order valence-corrected chi connectivity index (χ2v) is 9.65. The number of amides is 1. The van der Waals surface area contributed by atoms with Crippen LogP contribution in [-0.4, -0.2) is 40.1 Å². The van der Waals surface area contributed by atoms with E-state index in [1.807, 2.05) is 0 Å². The third-order valence-electron chi connectivity index (χ3n) is 7.74. The van der Waals surface area contributed by atoms with Crippen molar-refractivity contribution >= 4 is 34.8 Å². The van der Waals surface area contributed by atoms with Gasteiger partial charge in [-0.05, 0) is 51.7 Å². The van der Waals surface area contributed by atoms with Gasteiger partial charge in [-0.25, -0.2) is 0 Å². The minimum absolute atomic E-state index is 0.0621. The summed E-state index contributed by atoms with van der Waals surface area (Å²) in [5.74, 6) is -4.75. The Labute approximate surface area is 219 Å². The lowest BCUT2D eigenvalue weighted by Gasteiger charge is -2.46. The molecule has 2 aromatic carbocycles. The standard InChI is InChI=1S/C27H19N3O9/c28-26(34)22-17(31)9-12-8-15-14(6-11-4-5-18-19(7-11)39-10-38-18)13-2-1-3-16(29-36)20(13)23(32)21(15)25(33)27(12,35)24(22)30-37/h1-7,12,15,33,35H,8-10H2,(H2,28,34)/b14-6+/t12-,15+,27?/m0/s1. The summed E-state index contributed by atoms with van der Waals surface area (Å²) in [5, 5.41) is 28.8. The van der Waals surface area contributed by atoms with Crippen molar-refractivity contribution in [1.82, 2.24) is 0 Å². The molecule has 2 aromatic rings. The normalized spacial score (nSPS) is 26.2. The highest BCUT2D eigenvalue weighted by Gasteiger charge is 2.59. The number of benzene rings is 2. The van der Waals surface area contributed by atoms with Crippen LogP contribution in [-0.2, 0) is 9.59 Å². The van der Waals surface area contributed by atoms with E-state index in [1.54, 1.807) is 36.4 Å². The van der Waals surface area contributed by atoms with Crippen LogP contribution in [0.1, 0.15) is 34.3 Å². The second kappa shape index (κ2) is 8.53. The fourth-order valence-electron chi connectivity index (χ4n) is 6.02. The van der Waals surface area contributed by atoms with Crippen molar-refractivity contribution in [3.05, 3.63) is 85.5 Å². The van der Waals surface area contributed by atoms with Gasteiger partial charge in [0.25, 0.3) is 5.91 Å². The van der Waals surface area contributed by atoms with Crippen LogP contribution in [0, 0.1) is 21.6 Å². The zero-order valence-corrected chi connectivity index (χ0v) is 20.0. The molecule has 196 valence electrons. The molecule has 4 aliphatic rings. The van der Waals surface area contributed by atoms with Crippen LogP contribution in [0.25, 0.3) is 11.6 Å². The molecule has 12 heteroatoms. The largest absolute Gasteiger partial charge is 0.508 e. The highest BCUT2D eigenvalue weighted by Crippen LogP contribution is 2.56. The summed E-state index contributed by atoms with van der Waals surface area (Å²) >= 11 is 0. The SMILES string of the molecule is NC(=O)C1=C(N=O)C2(O)C(O)=C3C(=O)c4c(N=O)cccc4/C(=C\c4ccc5c(c4)OCO5)[C@H]3C[C@H]2CC1=O. The Morgan fingerprint density at radius 3 is 2.59 bits per heavy atom. The molecule has 3 aliphatic carbocycles. The number of hydrogen-bond acceptors (Lipinski definition) is 11. The molecule has 0 bridgehead atoms. The molecule has 0 saturated heterocycles. The van der Waals surface area contributed by atoms with Crippen LogP contribution in [0.4, 0.5) is 5.69 Å². The first kappa shape index (κ1) is 24.4. The summed E-state index contributed by atoms with van der Waals surface area (Å²) in [6.07, 6.45) is 1.22. The number of nitrogens with zero attached hydrogens (tertiary/aromatic N) is 2. The Balaban J connectivity index is 1.63. The maximum absolute atomic E-state index is 13.8. The number of aliphatic hydroxyl groups is 2. The third-order valence-corrected chi connectivity index (χ3v) is 7.74. The van der Waals surface area contributed by atoms with Gasteiger partial charge >= 0.3 is 0 Å². The number of allylic oxidation sites excluding steroid dienone is 2. The molecular weight excluding hydrogens is 510 g/mol. The molecule has 1 unspecified atom stereocenters. The zero-order chi connectivity index (χ0) is 27.6. The summed E-state index contributed by atoms with van der Waals surface area (Å²) in [6, 6.07) is 9.70. The summed E-state index contributed by atoms with van der Waals surface area (Å²) in [4.78, 5) is 62.1. The molecule has 0 spiro atoms. The van der Waals surface area contributed by atoms with Gasteiger partial charge in [-0.2, -0.15) is 0 Å². The van der Waals surface area contributed by atoms with Crippen LogP contribution in [0.5, 0.6) is 11.5 Å². The molecule has 4 N–H and O–H groups in total. The smallest absolute Gasteiger partial charge is 0.254 e. The number of carbonyl (C=O) groups is 3. The molecule has 12 nitrogen and oxygen atoms in total. The second-order valence-electron chi connectivity index (χ2n) is 9.65. The lowest BCUT2D eigenvalue weighted by molar-refractivity contribution is -0.125. The number of ether oxygens (including phenoxy) is 2. The van der Waals surface area contributed by atoms with Gasteiger partial charge < -0.3 is 25.4 Å². The van der Waals surface area contributed by atoms with Crippen LogP contribution in [0.3, 0.4) is 0 Å². The molecule has 0 aromatic heterocycles.